The van der Waals surface area contributed by atoms with Gasteiger partial charge in [-0.3, -0.25) is 0 Å². The van der Waals surface area contributed by atoms with E-state index in [9.17, 15) is 13.2 Å². The summed E-state index contributed by atoms with van der Waals surface area (Å²) in [6, 6.07) is 9.65. The summed E-state index contributed by atoms with van der Waals surface area (Å²) in [5.41, 5.74) is 12.5. The molecular formula is C17H19F3N4S. The fraction of sp³-hybridized carbons (Fsp3) is 0.294. The molecule has 2 aromatic rings. The number of hydrogen-bond acceptors (Lipinski definition) is 5. The molecule has 0 spiro atoms. The van der Waals surface area contributed by atoms with E-state index in [0.29, 0.717) is 35.8 Å². The Morgan fingerprint density at radius 2 is 1.92 bits per heavy atom. The van der Waals surface area contributed by atoms with Crippen molar-refractivity contribution in [3.63, 3.8) is 0 Å². The fourth-order valence-electron chi connectivity index (χ4n) is 2.55. The molecule has 3 rings (SSSR count). The van der Waals surface area contributed by atoms with Crippen LogP contribution in [0.1, 0.15) is 12.0 Å². The molecule has 1 heterocycles. The molecule has 134 valence electrons. The number of nitrogens with one attached hydrogen (secondary N) is 2. The summed E-state index contributed by atoms with van der Waals surface area (Å²) >= 11 is 1.32. The second kappa shape index (κ2) is 7.15. The van der Waals surface area contributed by atoms with Gasteiger partial charge < -0.3 is 22.1 Å². The van der Waals surface area contributed by atoms with Gasteiger partial charge in [0.05, 0.1) is 22.6 Å². The van der Waals surface area contributed by atoms with Crippen LogP contribution in [0.3, 0.4) is 0 Å². The molecule has 0 bridgehead atoms. The zero-order chi connectivity index (χ0) is 18.0. The van der Waals surface area contributed by atoms with E-state index in [1.807, 2.05) is 24.3 Å². The third-order valence-corrected chi connectivity index (χ3v) is 5.05. The van der Waals surface area contributed by atoms with Crippen LogP contribution in [-0.4, -0.2) is 19.1 Å². The van der Waals surface area contributed by atoms with Crippen LogP contribution >= 0.6 is 11.8 Å². The van der Waals surface area contributed by atoms with Crippen LogP contribution in [0.25, 0.3) is 0 Å². The van der Waals surface area contributed by atoms with E-state index in [2.05, 4.69) is 10.6 Å². The molecule has 6 N–H and O–H groups in total. The van der Waals surface area contributed by atoms with Gasteiger partial charge in [0.2, 0.25) is 0 Å². The van der Waals surface area contributed by atoms with Gasteiger partial charge >= 0.3 is 6.18 Å². The predicted octanol–water partition coefficient (Wildman–Crippen LogP) is 4.00. The Morgan fingerprint density at radius 3 is 2.64 bits per heavy atom. The molecular weight excluding hydrogens is 349 g/mol. The minimum Gasteiger partial charge on any atom is -0.383 e. The highest BCUT2D eigenvalue weighted by Gasteiger charge is 2.33. The maximum atomic E-state index is 13.2. The lowest BCUT2D eigenvalue weighted by atomic mass is 10.1. The molecule has 1 aliphatic heterocycles. The first-order valence-electron chi connectivity index (χ1n) is 7.87. The SMILES string of the molecule is NCC(N)CCNc1cc(C(F)(F)F)cc2c1Nc1ccccc1S2. The van der Waals surface area contributed by atoms with Crippen LogP contribution in [0.2, 0.25) is 0 Å². The van der Waals surface area contributed by atoms with Crippen LogP contribution in [0, 0.1) is 0 Å². The second-order valence-corrected chi connectivity index (χ2v) is 6.91. The fourth-order valence-corrected chi connectivity index (χ4v) is 3.61. The summed E-state index contributed by atoms with van der Waals surface area (Å²) in [6.07, 6.45) is -3.83. The van der Waals surface area contributed by atoms with E-state index in [0.717, 1.165) is 16.6 Å². The van der Waals surface area contributed by atoms with Crippen molar-refractivity contribution >= 4 is 28.8 Å². The first-order valence-corrected chi connectivity index (χ1v) is 8.69. The van der Waals surface area contributed by atoms with Crippen molar-refractivity contribution in [1.29, 1.82) is 0 Å². The maximum Gasteiger partial charge on any atom is 0.416 e. The van der Waals surface area contributed by atoms with Crippen molar-refractivity contribution in [1.82, 2.24) is 0 Å². The van der Waals surface area contributed by atoms with Crippen LogP contribution in [-0.2, 0) is 6.18 Å². The highest BCUT2D eigenvalue weighted by molar-refractivity contribution is 7.99. The lowest BCUT2D eigenvalue weighted by Crippen LogP contribution is -2.31. The van der Waals surface area contributed by atoms with Gasteiger partial charge in [-0.05, 0) is 30.7 Å². The van der Waals surface area contributed by atoms with E-state index >= 15 is 0 Å². The van der Waals surface area contributed by atoms with Crippen molar-refractivity contribution in [3.05, 3.63) is 42.0 Å². The van der Waals surface area contributed by atoms with Gasteiger partial charge in [0.25, 0.3) is 0 Å². The van der Waals surface area contributed by atoms with Crippen LogP contribution < -0.4 is 22.1 Å². The first-order chi connectivity index (χ1) is 11.9. The first kappa shape index (κ1) is 17.9. The molecule has 8 heteroatoms. The highest BCUT2D eigenvalue weighted by atomic mass is 32.2. The quantitative estimate of drug-likeness (QED) is 0.548. The molecule has 25 heavy (non-hydrogen) atoms. The van der Waals surface area contributed by atoms with E-state index < -0.39 is 11.7 Å². The van der Waals surface area contributed by atoms with E-state index in [1.165, 1.54) is 17.8 Å². The summed E-state index contributed by atoms with van der Waals surface area (Å²) in [7, 11) is 0. The minimum atomic E-state index is -4.41. The van der Waals surface area contributed by atoms with Gasteiger partial charge in [0.1, 0.15) is 0 Å². The summed E-state index contributed by atoms with van der Waals surface area (Å²) in [4.78, 5) is 1.43. The number of alkyl halides is 3. The number of anilines is 3. The number of rotatable bonds is 5. The number of halogens is 3. The normalized spacial score (nSPS) is 14.3. The van der Waals surface area contributed by atoms with Crippen molar-refractivity contribution in [2.45, 2.75) is 28.4 Å². The lowest BCUT2D eigenvalue weighted by Gasteiger charge is -2.25. The van der Waals surface area contributed by atoms with Gasteiger partial charge in [0.15, 0.2) is 0 Å². The van der Waals surface area contributed by atoms with Crippen LogP contribution in [0.5, 0.6) is 0 Å². The van der Waals surface area contributed by atoms with Gasteiger partial charge in [0, 0.05) is 28.9 Å². The van der Waals surface area contributed by atoms with E-state index in [4.69, 9.17) is 11.5 Å². The monoisotopic (exact) mass is 368 g/mol. The molecule has 0 radical (unpaired) electrons. The predicted molar refractivity (Wildman–Crippen MR) is 95.4 cm³/mol. The van der Waals surface area contributed by atoms with Crippen molar-refractivity contribution in [2.75, 3.05) is 23.7 Å². The van der Waals surface area contributed by atoms with Crippen LogP contribution in [0.4, 0.5) is 30.2 Å². The molecule has 1 unspecified atom stereocenters. The van der Waals surface area contributed by atoms with E-state index in [1.54, 1.807) is 0 Å². The molecule has 1 aliphatic rings. The minimum absolute atomic E-state index is 0.183. The molecule has 0 saturated carbocycles. The third kappa shape index (κ3) is 4.02. The third-order valence-electron chi connectivity index (χ3n) is 3.93. The van der Waals surface area contributed by atoms with Crippen molar-refractivity contribution < 1.29 is 13.2 Å². The number of para-hydroxylation sites is 1. The Bertz CT molecular complexity index is 764. The molecule has 0 aromatic heterocycles. The molecule has 0 saturated heterocycles. The van der Waals surface area contributed by atoms with Gasteiger partial charge in [-0.15, -0.1) is 0 Å². The molecule has 0 amide bonds. The van der Waals surface area contributed by atoms with Crippen molar-refractivity contribution in [2.24, 2.45) is 11.5 Å². The topological polar surface area (TPSA) is 76.1 Å². The smallest absolute Gasteiger partial charge is 0.383 e. The average Bonchev–Trinajstić information content (AvgIpc) is 2.58. The van der Waals surface area contributed by atoms with E-state index in [-0.39, 0.29) is 6.04 Å². The summed E-state index contributed by atoms with van der Waals surface area (Å²) in [5, 5.41) is 6.30. The maximum absolute atomic E-state index is 13.2. The Labute approximate surface area is 148 Å². The number of nitrogens with two attached hydrogens (primary N) is 2. The number of hydrogen-bond donors (Lipinski definition) is 4. The zero-order valence-corrected chi connectivity index (χ0v) is 14.2. The lowest BCUT2D eigenvalue weighted by molar-refractivity contribution is -0.137. The molecule has 0 aliphatic carbocycles. The largest absolute Gasteiger partial charge is 0.416 e. The summed E-state index contributed by atoms with van der Waals surface area (Å²) in [6.45, 7) is 0.782. The average molecular weight is 368 g/mol. The van der Waals surface area contributed by atoms with Gasteiger partial charge in [-0.1, -0.05) is 23.9 Å². The molecule has 4 nitrogen and oxygen atoms in total. The van der Waals surface area contributed by atoms with Gasteiger partial charge in [-0.2, -0.15) is 13.2 Å². The number of fused-ring (bicyclic) bond motifs is 2. The van der Waals surface area contributed by atoms with Gasteiger partial charge in [-0.25, -0.2) is 0 Å². The highest BCUT2D eigenvalue weighted by Crippen LogP contribution is 2.49. The second-order valence-electron chi connectivity index (χ2n) is 5.83. The zero-order valence-electron chi connectivity index (χ0n) is 13.4. The Morgan fingerprint density at radius 1 is 1.16 bits per heavy atom. The molecule has 0 fully saturated rings. The Kier molecular flexibility index (Phi) is 5.12. The molecule has 2 aromatic carbocycles. The van der Waals surface area contributed by atoms with Crippen molar-refractivity contribution in [3.8, 4) is 0 Å². The Balaban J connectivity index is 1.93. The summed E-state index contributed by atoms with van der Waals surface area (Å²) < 4.78 is 39.7. The standard InChI is InChI=1S/C17H19F3N4S/c18-17(19,20)10-7-13(23-6-5-11(22)9-21)16-15(8-10)25-14-4-2-1-3-12(14)24-16/h1-4,7-8,11,23-24H,5-6,9,21-22H2. The number of benzene rings is 2. The molecule has 1 atom stereocenters. The summed E-state index contributed by atoms with van der Waals surface area (Å²) in [5.74, 6) is 0. The Hall–Kier alpha value is -1.90. The van der Waals surface area contributed by atoms with Crippen LogP contribution in [0.15, 0.2) is 46.2 Å².